The maximum atomic E-state index is 12.2. The van der Waals surface area contributed by atoms with Crippen LogP contribution < -0.4 is 29.6 Å². The fourth-order valence-electron chi connectivity index (χ4n) is 3.53. The van der Waals surface area contributed by atoms with Crippen molar-refractivity contribution in [2.75, 3.05) is 34.8 Å². The standard InChI is InChI=1S/C13H15N3O4S.C11H11N3O4S.Na.H2O/c1-5-20-12(19)10-7(2)16-8(6-14-13(16)21-10)9(17)11(18)15(3)4;1-5-8(10(17)18)19-11-12-4-6(14(5)11)7(15)9(16)13(2)3;;/h6H,5H2,1-4H3;4H,1-3H3,(H,17,18);;1H2/q;;+1;/p-1. The Morgan fingerprint density at radius 3 is 1.55 bits per heavy atom. The summed E-state index contributed by atoms with van der Waals surface area (Å²) in [6.45, 7) is 5.25. The molecule has 0 spiro atoms. The number of hydrogen-bond acceptors (Lipinski definition) is 12. The van der Waals surface area contributed by atoms with Gasteiger partial charge in [-0.1, -0.05) is 22.7 Å². The Morgan fingerprint density at radius 2 is 1.19 bits per heavy atom. The summed E-state index contributed by atoms with van der Waals surface area (Å²) < 4.78 is 7.88. The minimum Gasteiger partial charge on any atom is -0.870 e. The monoisotopic (exact) mass is 630 g/mol. The number of carbonyl (C=O) groups excluding carboxylic acids is 5. The fraction of sp³-hybridized carbons (Fsp3) is 0.333. The first kappa shape index (κ1) is 36.5. The van der Waals surface area contributed by atoms with E-state index in [1.54, 1.807) is 20.8 Å². The van der Waals surface area contributed by atoms with E-state index in [0.717, 1.165) is 22.7 Å². The number of hydrogen-bond donors (Lipinski definition) is 1. The molecule has 0 aromatic carbocycles. The Morgan fingerprint density at radius 1 is 0.810 bits per heavy atom. The minimum absolute atomic E-state index is 0. The van der Waals surface area contributed by atoms with E-state index in [4.69, 9.17) is 9.84 Å². The number of imidazole rings is 2. The second-order valence-electron chi connectivity index (χ2n) is 8.64. The molecule has 0 aliphatic heterocycles. The number of fused-ring (bicyclic) bond motifs is 2. The normalized spacial score (nSPS) is 10.2. The first-order chi connectivity index (χ1) is 18.7. The van der Waals surface area contributed by atoms with Crippen LogP contribution in [-0.2, 0) is 14.3 Å². The minimum atomic E-state index is -1.08. The third-order valence-corrected chi connectivity index (χ3v) is 7.78. The molecule has 18 heteroatoms. The van der Waals surface area contributed by atoms with Crippen molar-refractivity contribution >= 4 is 67.9 Å². The molecule has 0 aliphatic carbocycles. The van der Waals surface area contributed by atoms with Crippen LogP contribution in [0.2, 0.25) is 0 Å². The number of Topliss-reactive ketones (excluding diaryl/α,β-unsaturated/α-hetero) is 2. The van der Waals surface area contributed by atoms with E-state index < -0.39 is 35.3 Å². The molecule has 4 aromatic heterocycles. The Kier molecular flexibility index (Phi) is 12.7. The summed E-state index contributed by atoms with van der Waals surface area (Å²) in [7, 11) is 5.95. The molecule has 4 aromatic rings. The smallest absolute Gasteiger partial charge is 0.870 e. The molecule has 4 rings (SSSR count). The Labute approximate surface area is 269 Å². The number of aryl methyl sites for hydroxylation is 2. The van der Waals surface area contributed by atoms with Crippen LogP contribution in [0.3, 0.4) is 0 Å². The number of likely N-dealkylation sites (N-methyl/N-ethyl adjacent to an activating group) is 2. The fourth-order valence-corrected chi connectivity index (χ4v) is 5.46. The number of carboxylic acids is 1. The maximum Gasteiger partial charge on any atom is 1.00 e. The van der Waals surface area contributed by atoms with Gasteiger partial charge in [-0.3, -0.25) is 28.0 Å². The molecule has 0 bridgehead atoms. The summed E-state index contributed by atoms with van der Waals surface area (Å²) in [6, 6.07) is 0. The van der Waals surface area contributed by atoms with Gasteiger partial charge in [0.1, 0.15) is 21.1 Å². The van der Waals surface area contributed by atoms with Crippen molar-refractivity contribution in [3.05, 3.63) is 44.9 Å². The zero-order chi connectivity index (χ0) is 30.0. The van der Waals surface area contributed by atoms with Gasteiger partial charge in [0.15, 0.2) is 9.92 Å². The van der Waals surface area contributed by atoms with Gasteiger partial charge in [0.25, 0.3) is 23.4 Å². The summed E-state index contributed by atoms with van der Waals surface area (Å²) in [6.07, 6.45) is 2.63. The SMILES string of the molecule is CCOC(=O)c1sc2ncc(C(=O)C(=O)N(C)C)n2c1C.Cc1c(C(=O)O)sc2ncc(C(=O)C(=O)N(C)C)n12.[Na+].[OH-]. The first-order valence-electron chi connectivity index (χ1n) is 11.6. The van der Waals surface area contributed by atoms with Crippen molar-refractivity contribution in [2.24, 2.45) is 0 Å². The third-order valence-electron chi connectivity index (χ3n) is 5.49. The van der Waals surface area contributed by atoms with Crippen molar-refractivity contribution in [1.82, 2.24) is 28.6 Å². The topological polar surface area (TPSA) is 203 Å². The van der Waals surface area contributed by atoms with Crippen molar-refractivity contribution in [3.63, 3.8) is 0 Å². The largest absolute Gasteiger partial charge is 1.00 e. The number of esters is 1. The maximum absolute atomic E-state index is 12.2. The van der Waals surface area contributed by atoms with E-state index >= 15 is 0 Å². The molecule has 0 saturated carbocycles. The van der Waals surface area contributed by atoms with E-state index in [1.807, 2.05) is 0 Å². The Hall–Kier alpha value is -3.48. The number of rotatable bonds is 7. The molecule has 220 valence electrons. The van der Waals surface area contributed by atoms with Crippen LogP contribution in [0.15, 0.2) is 12.4 Å². The van der Waals surface area contributed by atoms with E-state index in [1.165, 1.54) is 59.2 Å². The molecular formula is C24H27N6NaO9S2. The van der Waals surface area contributed by atoms with E-state index in [0.29, 0.717) is 26.2 Å². The van der Waals surface area contributed by atoms with Gasteiger partial charge in [-0.15, -0.1) is 0 Å². The predicted octanol–water partition coefficient (Wildman–Crippen LogP) is -1.35. The van der Waals surface area contributed by atoms with Gasteiger partial charge in [-0.25, -0.2) is 19.6 Å². The molecule has 2 amide bonds. The van der Waals surface area contributed by atoms with Gasteiger partial charge in [0.2, 0.25) is 0 Å². The van der Waals surface area contributed by atoms with Crippen LogP contribution in [-0.4, -0.2) is 109 Å². The second-order valence-corrected chi connectivity index (χ2v) is 10.6. The van der Waals surface area contributed by atoms with E-state index in [9.17, 15) is 28.8 Å². The number of ketones is 2. The average molecular weight is 631 g/mol. The predicted molar refractivity (Wildman–Crippen MR) is 147 cm³/mol. The summed E-state index contributed by atoms with van der Waals surface area (Å²) in [4.78, 5) is 82.2. The number of carbonyl (C=O) groups is 6. The molecule has 42 heavy (non-hydrogen) atoms. The molecule has 0 saturated heterocycles. The second kappa shape index (κ2) is 14.6. The van der Waals surface area contributed by atoms with Crippen LogP contribution in [0.4, 0.5) is 0 Å². The van der Waals surface area contributed by atoms with Crippen LogP contribution in [0.25, 0.3) is 9.92 Å². The van der Waals surface area contributed by atoms with Crippen molar-refractivity contribution in [1.29, 1.82) is 0 Å². The molecule has 0 atom stereocenters. The van der Waals surface area contributed by atoms with Gasteiger partial charge < -0.3 is 25.1 Å². The van der Waals surface area contributed by atoms with Crippen molar-refractivity contribution < 1.29 is 73.6 Å². The number of amides is 2. The van der Waals surface area contributed by atoms with Gasteiger partial charge in [-0.2, -0.15) is 0 Å². The first-order valence-corrected chi connectivity index (χ1v) is 13.2. The molecule has 0 unspecified atom stereocenters. The van der Waals surface area contributed by atoms with Gasteiger partial charge in [0, 0.05) is 39.6 Å². The summed E-state index contributed by atoms with van der Waals surface area (Å²) >= 11 is 2.10. The summed E-state index contributed by atoms with van der Waals surface area (Å²) in [5.74, 6) is -4.23. The van der Waals surface area contributed by atoms with Gasteiger partial charge in [0.05, 0.1) is 19.0 Å². The molecule has 0 aliphatic rings. The quantitative estimate of drug-likeness (QED) is 0.109. The number of aromatic carboxylic acids is 1. The number of ether oxygens (including phenoxy) is 1. The van der Waals surface area contributed by atoms with Crippen LogP contribution >= 0.6 is 22.7 Å². The molecule has 15 nitrogen and oxygen atoms in total. The molecule has 0 radical (unpaired) electrons. The average Bonchev–Trinajstić information content (AvgIpc) is 3.65. The number of nitrogens with zero attached hydrogens (tertiary/aromatic N) is 6. The number of carboxylic acid groups (broad SMARTS) is 1. The van der Waals surface area contributed by atoms with Crippen molar-refractivity contribution in [2.45, 2.75) is 20.8 Å². The molecule has 0 fully saturated rings. The third kappa shape index (κ3) is 6.93. The summed E-state index contributed by atoms with van der Waals surface area (Å²) in [5.41, 5.74) is 1.16. The Bertz CT molecular complexity index is 1680. The zero-order valence-electron chi connectivity index (χ0n) is 24.1. The molecule has 4 heterocycles. The van der Waals surface area contributed by atoms with E-state index in [-0.39, 0.29) is 57.9 Å². The molecular weight excluding hydrogens is 603 g/mol. The number of aromatic nitrogens is 4. The zero-order valence-corrected chi connectivity index (χ0v) is 27.7. The molecule has 2 N–H and O–H groups in total. The van der Waals surface area contributed by atoms with E-state index in [2.05, 4.69) is 9.97 Å². The Balaban J connectivity index is 0.000000403. The summed E-state index contributed by atoms with van der Waals surface area (Å²) in [5, 5.41) is 9.02. The van der Waals surface area contributed by atoms with Crippen LogP contribution in [0.1, 0.15) is 58.6 Å². The number of thiazole rings is 2. The van der Waals surface area contributed by atoms with Crippen LogP contribution in [0.5, 0.6) is 0 Å². The van der Waals surface area contributed by atoms with Crippen LogP contribution in [0, 0.1) is 13.8 Å². The van der Waals surface area contributed by atoms with Gasteiger partial charge in [-0.05, 0) is 20.8 Å². The van der Waals surface area contributed by atoms with Crippen molar-refractivity contribution in [3.8, 4) is 0 Å². The van der Waals surface area contributed by atoms with Gasteiger partial charge >= 0.3 is 41.5 Å².